The van der Waals surface area contributed by atoms with Gasteiger partial charge in [-0.3, -0.25) is 5.41 Å². The van der Waals surface area contributed by atoms with Gasteiger partial charge in [0.05, 0.1) is 5.71 Å². The standard InChI is InChI=1S/C20H27N3O/c1-19(2,3)13-11-14(20(4,5)6)18(24)17(12-13)23-22-16-10-8-7-9-15(16)21/h7-12,21,23-24H,1-6H3/p+1/b21-15?,22-16-. The average Bonchev–Trinajstić information content (AvgIpc) is 2.45. The largest absolute Gasteiger partial charge is 0.502 e. The van der Waals surface area contributed by atoms with Crippen molar-refractivity contribution in [2.24, 2.45) is 5.10 Å². The summed E-state index contributed by atoms with van der Waals surface area (Å²) in [6.45, 7) is 12.8. The van der Waals surface area contributed by atoms with Gasteiger partial charge in [0.25, 0.3) is 0 Å². The van der Waals surface area contributed by atoms with Crippen LogP contribution in [0.25, 0.3) is 0 Å². The number of aromatic hydroxyl groups is 1. The zero-order chi connectivity index (χ0) is 18.1. The van der Waals surface area contributed by atoms with Crippen LogP contribution in [-0.4, -0.2) is 16.5 Å². The Bertz CT molecular complexity index is 741. The van der Waals surface area contributed by atoms with Crippen LogP contribution in [0.3, 0.4) is 0 Å². The van der Waals surface area contributed by atoms with Crippen LogP contribution >= 0.6 is 0 Å². The molecule has 0 aromatic heterocycles. The van der Waals surface area contributed by atoms with Gasteiger partial charge >= 0.3 is 0 Å². The molecule has 0 heterocycles. The van der Waals surface area contributed by atoms with Gasteiger partial charge < -0.3 is 5.11 Å². The maximum absolute atomic E-state index is 10.7. The Hall–Kier alpha value is -2.20. The van der Waals surface area contributed by atoms with Crippen molar-refractivity contribution in [3.63, 3.8) is 0 Å². The van der Waals surface area contributed by atoms with Crippen molar-refractivity contribution in [3.8, 4) is 5.75 Å². The minimum Gasteiger partial charge on any atom is -0.502 e. The lowest BCUT2D eigenvalue weighted by molar-refractivity contribution is -0.577. The molecule has 2 rings (SSSR count). The van der Waals surface area contributed by atoms with Gasteiger partial charge in [0.1, 0.15) is 5.71 Å². The maximum Gasteiger partial charge on any atom is 0.198 e. The molecule has 1 aliphatic rings. The van der Waals surface area contributed by atoms with E-state index in [-0.39, 0.29) is 16.6 Å². The Balaban J connectivity index is 2.49. The summed E-state index contributed by atoms with van der Waals surface area (Å²) in [6.07, 6.45) is 7.18. The molecule has 0 atom stereocenters. The molecule has 4 nitrogen and oxygen atoms in total. The molecule has 24 heavy (non-hydrogen) atoms. The number of rotatable bonds is 2. The van der Waals surface area contributed by atoms with Gasteiger partial charge in [-0.05, 0) is 28.5 Å². The van der Waals surface area contributed by atoms with Crippen LogP contribution in [0.2, 0.25) is 0 Å². The first-order chi connectivity index (χ1) is 11.0. The van der Waals surface area contributed by atoms with Gasteiger partial charge in [0.2, 0.25) is 0 Å². The highest BCUT2D eigenvalue weighted by molar-refractivity contribution is 6.49. The molecule has 4 heteroatoms. The highest BCUT2D eigenvalue weighted by Gasteiger charge is 2.26. The van der Waals surface area contributed by atoms with E-state index in [9.17, 15) is 5.11 Å². The number of quaternary nitrogens is 1. The summed E-state index contributed by atoms with van der Waals surface area (Å²) < 4.78 is 0. The molecule has 0 spiro atoms. The van der Waals surface area contributed by atoms with Crippen molar-refractivity contribution in [3.05, 3.63) is 47.6 Å². The predicted octanol–water partition coefficient (Wildman–Crippen LogP) is 3.68. The second kappa shape index (κ2) is 6.36. The number of phenolic OH excluding ortho intramolecular Hbond substituents is 1. The molecule has 1 aliphatic carbocycles. The van der Waals surface area contributed by atoms with Crippen LogP contribution in [0.1, 0.15) is 52.7 Å². The normalized spacial score (nSPS) is 16.9. The fourth-order valence-electron chi connectivity index (χ4n) is 2.49. The van der Waals surface area contributed by atoms with Crippen molar-refractivity contribution in [2.45, 2.75) is 52.4 Å². The molecule has 0 aliphatic heterocycles. The first-order valence-corrected chi connectivity index (χ1v) is 8.23. The van der Waals surface area contributed by atoms with E-state index in [2.05, 4.69) is 52.7 Å². The van der Waals surface area contributed by atoms with E-state index in [0.29, 0.717) is 17.1 Å². The van der Waals surface area contributed by atoms with Gasteiger partial charge in [-0.25, -0.2) is 0 Å². The molecule has 0 saturated heterocycles. The third-order valence-electron chi connectivity index (χ3n) is 4.06. The molecule has 0 radical (unpaired) electrons. The fourth-order valence-corrected chi connectivity index (χ4v) is 2.49. The Kier molecular flexibility index (Phi) is 4.81. The molecular weight excluding hydrogens is 298 g/mol. The van der Waals surface area contributed by atoms with Crippen LogP contribution in [0.5, 0.6) is 5.75 Å². The Morgan fingerprint density at radius 2 is 1.58 bits per heavy atom. The second-order valence-corrected chi connectivity index (χ2v) is 8.24. The van der Waals surface area contributed by atoms with E-state index in [1.807, 2.05) is 18.2 Å². The Morgan fingerprint density at radius 3 is 2.12 bits per heavy atom. The van der Waals surface area contributed by atoms with Gasteiger partial charge in [-0.2, -0.15) is 5.43 Å². The zero-order valence-electron chi connectivity index (χ0n) is 15.4. The lowest BCUT2D eigenvalue weighted by Gasteiger charge is -2.26. The van der Waals surface area contributed by atoms with Crippen molar-refractivity contribution >= 4 is 17.1 Å². The van der Waals surface area contributed by atoms with Gasteiger partial charge in [-0.1, -0.05) is 64.9 Å². The number of hydrogen-bond acceptors (Lipinski definition) is 3. The molecule has 0 saturated carbocycles. The van der Waals surface area contributed by atoms with Gasteiger partial charge in [0.15, 0.2) is 11.4 Å². The number of hydrogen-bond donors (Lipinski definition) is 3. The molecule has 0 unspecified atom stereocenters. The lowest BCUT2D eigenvalue weighted by Crippen LogP contribution is -2.72. The SMILES string of the molecule is CC(C)(C)c1cc([NH2+]/N=C2/C=CC=CC2=N)c(O)c(C(C)(C)C)c1. The van der Waals surface area contributed by atoms with Crippen LogP contribution in [0.15, 0.2) is 41.5 Å². The smallest absolute Gasteiger partial charge is 0.198 e. The minimum atomic E-state index is -0.165. The van der Waals surface area contributed by atoms with Crippen molar-refractivity contribution in [2.75, 3.05) is 0 Å². The van der Waals surface area contributed by atoms with E-state index >= 15 is 0 Å². The van der Waals surface area contributed by atoms with E-state index in [1.165, 1.54) is 0 Å². The predicted molar refractivity (Wildman–Crippen MR) is 101 cm³/mol. The quantitative estimate of drug-likeness (QED) is 0.250. The summed E-state index contributed by atoms with van der Waals surface area (Å²) in [5, 5.41) is 23.0. The molecule has 1 aromatic rings. The number of nitrogens with two attached hydrogens (primary N) is 1. The molecule has 0 bridgehead atoms. The monoisotopic (exact) mass is 326 g/mol. The van der Waals surface area contributed by atoms with Gasteiger partial charge in [0, 0.05) is 11.6 Å². The molecule has 1 aromatic carbocycles. The third-order valence-corrected chi connectivity index (χ3v) is 4.06. The fraction of sp³-hybridized carbons (Fsp3) is 0.400. The summed E-state index contributed by atoms with van der Waals surface area (Å²) in [5.74, 6) is 0.265. The molecule has 0 fully saturated rings. The third kappa shape index (κ3) is 4.01. The number of phenols is 1. The van der Waals surface area contributed by atoms with Crippen molar-refractivity contribution in [1.82, 2.24) is 0 Å². The van der Waals surface area contributed by atoms with E-state index in [0.717, 1.165) is 11.1 Å². The van der Waals surface area contributed by atoms with E-state index in [1.54, 1.807) is 17.6 Å². The van der Waals surface area contributed by atoms with Crippen LogP contribution in [0, 0.1) is 5.41 Å². The summed E-state index contributed by atoms with van der Waals surface area (Å²) in [6, 6.07) is 4.08. The number of allylic oxidation sites excluding steroid dienone is 4. The number of benzene rings is 1. The highest BCUT2D eigenvalue weighted by atomic mass is 16.3. The first-order valence-electron chi connectivity index (χ1n) is 8.23. The summed E-state index contributed by atoms with van der Waals surface area (Å²) in [5.41, 5.74) is 5.20. The number of nitrogens with zero attached hydrogens (tertiary/aromatic N) is 1. The van der Waals surface area contributed by atoms with E-state index < -0.39 is 0 Å². The Morgan fingerprint density at radius 1 is 0.958 bits per heavy atom. The van der Waals surface area contributed by atoms with Crippen LogP contribution in [0.4, 0.5) is 5.69 Å². The summed E-state index contributed by atoms with van der Waals surface area (Å²) in [4.78, 5) is 0. The summed E-state index contributed by atoms with van der Waals surface area (Å²) >= 11 is 0. The van der Waals surface area contributed by atoms with Crippen LogP contribution in [-0.2, 0) is 10.8 Å². The number of nitrogens with one attached hydrogen (secondary N) is 1. The van der Waals surface area contributed by atoms with Gasteiger partial charge in [-0.15, -0.1) is 0 Å². The van der Waals surface area contributed by atoms with E-state index in [4.69, 9.17) is 5.41 Å². The molecule has 0 amide bonds. The lowest BCUT2D eigenvalue weighted by atomic mass is 9.80. The highest BCUT2D eigenvalue weighted by Crippen LogP contribution is 2.38. The minimum absolute atomic E-state index is 0.0242. The summed E-state index contributed by atoms with van der Waals surface area (Å²) in [7, 11) is 0. The van der Waals surface area contributed by atoms with Crippen LogP contribution < -0.4 is 5.43 Å². The molecular formula is C20H28N3O+. The second-order valence-electron chi connectivity index (χ2n) is 8.24. The van der Waals surface area contributed by atoms with Crippen molar-refractivity contribution in [1.29, 1.82) is 5.41 Å². The molecule has 4 N–H and O–H groups in total. The zero-order valence-corrected chi connectivity index (χ0v) is 15.4. The topological polar surface area (TPSA) is 73.0 Å². The average molecular weight is 326 g/mol. The maximum atomic E-state index is 10.7. The molecule has 128 valence electrons. The Labute approximate surface area is 144 Å². The van der Waals surface area contributed by atoms with Crippen molar-refractivity contribution < 1.29 is 10.5 Å². The first kappa shape index (κ1) is 18.1.